The van der Waals surface area contributed by atoms with E-state index in [9.17, 15) is 22.4 Å². The fourth-order valence-corrected chi connectivity index (χ4v) is 2.51. The molecule has 1 aromatic carbocycles. The van der Waals surface area contributed by atoms with Gasteiger partial charge in [0.1, 0.15) is 0 Å². The van der Waals surface area contributed by atoms with Gasteiger partial charge in [-0.15, -0.1) is 0 Å². The largest absolute Gasteiger partial charge is 0.434 e. The van der Waals surface area contributed by atoms with E-state index >= 15 is 0 Å². The molecule has 0 aliphatic carbocycles. The monoisotopic (exact) mass is 332 g/mol. The van der Waals surface area contributed by atoms with Crippen molar-refractivity contribution < 1.29 is 27.1 Å². The van der Waals surface area contributed by atoms with Crippen molar-refractivity contribution in [2.75, 3.05) is 0 Å². The van der Waals surface area contributed by atoms with E-state index in [1.807, 2.05) is 0 Å². The molecule has 0 atom stereocenters. The van der Waals surface area contributed by atoms with Gasteiger partial charge in [-0.2, -0.15) is 13.2 Å². The highest BCUT2D eigenvalue weighted by Crippen LogP contribution is 2.39. The Kier molecular flexibility index (Phi) is 4.55. The van der Waals surface area contributed by atoms with Crippen molar-refractivity contribution in [2.24, 2.45) is 5.73 Å². The number of aromatic nitrogens is 1. The Balaban J connectivity index is 2.34. The number of rotatable bonds is 3. The number of ether oxygens (including phenoxy) is 1. The molecule has 0 bridgehead atoms. The molecule has 116 valence electrons. The fourth-order valence-electron chi connectivity index (χ4n) is 1.55. The number of carbonyl (C=O) groups excluding carboxylic acids is 1. The van der Waals surface area contributed by atoms with Gasteiger partial charge in [-0.05, 0) is 30.3 Å². The van der Waals surface area contributed by atoms with Gasteiger partial charge in [-0.3, -0.25) is 4.98 Å². The first kappa shape index (κ1) is 16.1. The van der Waals surface area contributed by atoms with Crippen molar-refractivity contribution in [3.05, 3.63) is 48.0 Å². The summed E-state index contributed by atoms with van der Waals surface area (Å²) in [5, 5.41) is 0. The zero-order chi connectivity index (χ0) is 16.3. The zero-order valence-electron chi connectivity index (χ0n) is 10.7. The number of alkyl halides is 3. The molecule has 0 spiro atoms. The Morgan fingerprint density at radius 3 is 2.64 bits per heavy atom. The van der Waals surface area contributed by atoms with E-state index in [0.29, 0.717) is 11.8 Å². The number of benzene rings is 1. The first-order valence-corrected chi connectivity index (χ1v) is 6.56. The summed E-state index contributed by atoms with van der Waals surface area (Å²) < 4.78 is 56.4. The number of amides is 1. The van der Waals surface area contributed by atoms with Gasteiger partial charge in [0.15, 0.2) is 17.3 Å². The first-order valence-electron chi connectivity index (χ1n) is 5.74. The maximum absolute atomic E-state index is 13.4. The number of hydrogen-bond acceptors (Lipinski definition) is 4. The molecule has 0 radical (unpaired) electrons. The highest BCUT2D eigenvalue weighted by Gasteiger charge is 2.35. The second kappa shape index (κ2) is 6.22. The second-order valence-corrected chi connectivity index (χ2v) is 5.08. The highest BCUT2D eigenvalue weighted by molar-refractivity contribution is 7.99. The first-order chi connectivity index (χ1) is 10.3. The van der Waals surface area contributed by atoms with Crippen LogP contribution >= 0.6 is 11.8 Å². The Morgan fingerprint density at radius 2 is 2.00 bits per heavy atom. The van der Waals surface area contributed by atoms with E-state index in [-0.39, 0.29) is 9.79 Å². The van der Waals surface area contributed by atoms with Crippen molar-refractivity contribution in [1.82, 2.24) is 4.98 Å². The van der Waals surface area contributed by atoms with E-state index in [1.54, 1.807) is 0 Å². The van der Waals surface area contributed by atoms with Gasteiger partial charge in [-0.25, -0.2) is 9.18 Å². The summed E-state index contributed by atoms with van der Waals surface area (Å²) in [6.45, 7) is 0. The SMILES string of the molecule is NC(=O)Oc1cc(Sc2cccnc2C(F)(F)F)ccc1F. The van der Waals surface area contributed by atoms with Gasteiger partial charge in [0.05, 0.1) is 0 Å². The Bertz CT molecular complexity index is 707. The van der Waals surface area contributed by atoms with Crippen LogP contribution in [0.1, 0.15) is 5.69 Å². The zero-order valence-corrected chi connectivity index (χ0v) is 11.5. The van der Waals surface area contributed by atoms with Crippen LogP contribution in [0.5, 0.6) is 5.75 Å². The summed E-state index contributed by atoms with van der Waals surface area (Å²) in [4.78, 5) is 14.0. The van der Waals surface area contributed by atoms with Crippen molar-refractivity contribution in [3.8, 4) is 5.75 Å². The molecule has 0 unspecified atom stereocenters. The van der Waals surface area contributed by atoms with Crippen molar-refractivity contribution in [1.29, 1.82) is 0 Å². The van der Waals surface area contributed by atoms with Crippen molar-refractivity contribution in [3.63, 3.8) is 0 Å². The van der Waals surface area contributed by atoms with Gasteiger partial charge >= 0.3 is 12.3 Å². The van der Waals surface area contributed by atoms with Crippen molar-refractivity contribution in [2.45, 2.75) is 16.0 Å². The van der Waals surface area contributed by atoms with Gasteiger partial charge in [0, 0.05) is 16.0 Å². The summed E-state index contributed by atoms with van der Waals surface area (Å²) in [7, 11) is 0. The van der Waals surface area contributed by atoms with E-state index in [1.165, 1.54) is 18.2 Å². The van der Waals surface area contributed by atoms with Crippen LogP contribution in [0.15, 0.2) is 46.3 Å². The predicted molar refractivity (Wildman–Crippen MR) is 70.0 cm³/mol. The Hall–Kier alpha value is -2.29. The lowest BCUT2D eigenvalue weighted by molar-refractivity contribution is -0.143. The molecule has 0 aliphatic heterocycles. The third kappa shape index (κ3) is 3.88. The van der Waals surface area contributed by atoms with Crippen LogP contribution in [0.4, 0.5) is 22.4 Å². The van der Waals surface area contributed by atoms with Crippen LogP contribution in [-0.2, 0) is 6.18 Å². The number of nitrogens with zero attached hydrogens (tertiary/aromatic N) is 1. The summed E-state index contributed by atoms with van der Waals surface area (Å²) in [6, 6.07) is 5.88. The summed E-state index contributed by atoms with van der Waals surface area (Å²) in [6.07, 6.45) is -4.81. The van der Waals surface area contributed by atoms with E-state index in [0.717, 1.165) is 18.3 Å². The second-order valence-electron chi connectivity index (χ2n) is 3.96. The minimum absolute atomic E-state index is 0.161. The molecule has 0 saturated carbocycles. The fraction of sp³-hybridized carbons (Fsp3) is 0.0769. The van der Waals surface area contributed by atoms with Gasteiger partial charge < -0.3 is 10.5 Å². The smallest absolute Gasteiger partial charge is 0.407 e. The molecule has 1 heterocycles. The molecule has 1 aromatic heterocycles. The minimum Gasteiger partial charge on any atom is -0.407 e. The molecule has 0 aliphatic rings. The molecule has 2 aromatic rings. The molecule has 1 amide bonds. The lowest BCUT2D eigenvalue weighted by atomic mass is 10.3. The molecular weight excluding hydrogens is 324 g/mol. The van der Waals surface area contributed by atoms with Crippen LogP contribution in [0.3, 0.4) is 0 Å². The lowest BCUT2D eigenvalue weighted by Gasteiger charge is -2.11. The molecular formula is C13H8F4N2O2S. The van der Waals surface area contributed by atoms with E-state index in [4.69, 9.17) is 5.73 Å². The molecule has 22 heavy (non-hydrogen) atoms. The average molecular weight is 332 g/mol. The molecule has 2 rings (SSSR count). The summed E-state index contributed by atoms with van der Waals surface area (Å²) >= 11 is 0.710. The van der Waals surface area contributed by atoms with E-state index < -0.39 is 29.5 Å². The number of halogens is 4. The maximum atomic E-state index is 13.4. The Labute approximate surface area is 126 Å². The molecule has 2 N–H and O–H groups in total. The normalized spacial score (nSPS) is 11.3. The maximum Gasteiger partial charge on any atom is 0.434 e. The number of pyridine rings is 1. The number of primary amides is 1. The third-order valence-electron chi connectivity index (χ3n) is 2.38. The van der Waals surface area contributed by atoms with E-state index in [2.05, 4.69) is 9.72 Å². The predicted octanol–water partition coefficient (Wildman–Crippen LogP) is 3.85. The number of nitrogens with two attached hydrogens (primary N) is 1. The molecule has 0 saturated heterocycles. The Morgan fingerprint density at radius 1 is 1.27 bits per heavy atom. The topological polar surface area (TPSA) is 65.2 Å². The van der Waals surface area contributed by atoms with Gasteiger partial charge in [0.25, 0.3) is 0 Å². The van der Waals surface area contributed by atoms with Gasteiger partial charge in [0.2, 0.25) is 0 Å². The number of hydrogen-bond donors (Lipinski definition) is 1. The van der Waals surface area contributed by atoms with Crippen LogP contribution in [-0.4, -0.2) is 11.1 Å². The highest BCUT2D eigenvalue weighted by atomic mass is 32.2. The summed E-state index contributed by atoms with van der Waals surface area (Å²) in [5.41, 5.74) is 3.73. The van der Waals surface area contributed by atoms with Crippen LogP contribution < -0.4 is 10.5 Å². The van der Waals surface area contributed by atoms with Crippen LogP contribution in [0, 0.1) is 5.82 Å². The van der Waals surface area contributed by atoms with Gasteiger partial charge in [-0.1, -0.05) is 11.8 Å². The van der Waals surface area contributed by atoms with Crippen molar-refractivity contribution >= 4 is 17.9 Å². The minimum atomic E-state index is -4.61. The molecule has 9 heteroatoms. The molecule has 4 nitrogen and oxygen atoms in total. The standard InChI is InChI=1S/C13H8F4N2O2S/c14-8-4-3-7(6-9(8)21-12(18)20)22-10-2-1-5-19-11(10)13(15,16)17/h1-6H,(H2,18,20). The van der Waals surface area contributed by atoms with Crippen LogP contribution in [0.25, 0.3) is 0 Å². The average Bonchev–Trinajstić information content (AvgIpc) is 2.41. The third-order valence-corrected chi connectivity index (χ3v) is 3.42. The lowest BCUT2D eigenvalue weighted by Crippen LogP contribution is -2.16. The summed E-state index contributed by atoms with van der Waals surface area (Å²) in [5.74, 6) is -1.32. The van der Waals surface area contributed by atoms with Crippen LogP contribution in [0.2, 0.25) is 0 Å². The number of carbonyl (C=O) groups is 1. The molecule has 0 fully saturated rings. The quantitative estimate of drug-likeness (QED) is 0.867.